The number of ether oxygens (including phenoxy) is 1. The second-order valence-electron chi connectivity index (χ2n) is 3.49. The molecule has 2 aromatic rings. The van der Waals surface area contributed by atoms with E-state index < -0.39 is 6.09 Å². The predicted octanol–water partition coefficient (Wildman–Crippen LogP) is 2.97. The number of nitrogens with zero attached hydrogens (tertiary/aromatic N) is 2. The second kappa shape index (κ2) is 5.74. The molecular weight excluding hydrogens is 270 g/mol. The molecule has 1 heterocycles. The molecule has 1 aromatic heterocycles. The molecule has 94 valence electrons. The molecule has 0 aliphatic carbocycles. The van der Waals surface area contributed by atoms with E-state index in [1.165, 1.54) is 16.2 Å². The molecule has 0 saturated heterocycles. The molecule has 0 aliphatic heterocycles. The summed E-state index contributed by atoms with van der Waals surface area (Å²) in [5.74, 6) is 0. The Hall–Kier alpha value is -1.73. The van der Waals surface area contributed by atoms with Crippen LogP contribution >= 0.6 is 23.6 Å². The number of H-pyrrole nitrogens is 1. The van der Waals surface area contributed by atoms with Crippen molar-refractivity contribution in [2.45, 2.75) is 6.61 Å². The van der Waals surface area contributed by atoms with Crippen molar-refractivity contribution in [2.24, 2.45) is 0 Å². The molecule has 0 spiro atoms. The number of anilines is 1. The lowest BCUT2D eigenvalue weighted by atomic mass is 10.2. The van der Waals surface area contributed by atoms with Crippen LogP contribution in [0.3, 0.4) is 0 Å². The largest absolute Gasteiger partial charge is 0.444 e. The van der Waals surface area contributed by atoms with Crippen LogP contribution in [0, 0.1) is 3.95 Å². The Morgan fingerprint density at radius 3 is 2.83 bits per heavy atom. The highest BCUT2D eigenvalue weighted by Gasteiger charge is 2.15. The molecule has 0 radical (unpaired) electrons. The van der Waals surface area contributed by atoms with Gasteiger partial charge in [-0.3, -0.25) is 10.00 Å². The second-order valence-corrected chi connectivity index (χ2v) is 5.14. The number of rotatable bonds is 3. The highest BCUT2D eigenvalue weighted by Crippen LogP contribution is 2.16. The smallest absolute Gasteiger partial charge is 0.416 e. The molecule has 0 unspecified atom stereocenters. The van der Waals surface area contributed by atoms with Crippen molar-refractivity contribution in [2.75, 3.05) is 11.9 Å². The number of carbonyl (C=O) groups is 1. The van der Waals surface area contributed by atoms with Gasteiger partial charge in [-0.25, -0.2) is 4.79 Å². The number of hydrogen-bond donors (Lipinski definition) is 1. The van der Waals surface area contributed by atoms with Crippen LogP contribution < -0.4 is 4.90 Å². The summed E-state index contributed by atoms with van der Waals surface area (Å²) in [4.78, 5) is 13.1. The van der Waals surface area contributed by atoms with Gasteiger partial charge in [-0.15, -0.1) is 5.10 Å². The van der Waals surface area contributed by atoms with Gasteiger partial charge in [-0.1, -0.05) is 41.7 Å². The van der Waals surface area contributed by atoms with Gasteiger partial charge in [0.25, 0.3) is 0 Å². The summed E-state index contributed by atoms with van der Waals surface area (Å²) in [6, 6.07) is 9.49. The van der Waals surface area contributed by atoms with Gasteiger partial charge >= 0.3 is 6.09 Å². The van der Waals surface area contributed by atoms with E-state index in [1.54, 1.807) is 7.05 Å². The van der Waals surface area contributed by atoms with Crippen molar-refractivity contribution in [3.8, 4) is 0 Å². The Labute approximate surface area is 113 Å². The summed E-state index contributed by atoms with van der Waals surface area (Å²) in [5, 5.41) is 7.00. The van der Waals surface area contributed by atoms with Crippen molar-refractivity contribution in [1.82, 2.24) is 10.2 Å². The van der Waals surface area contributed by atoms with E-state index in [0.717, 1.165) is 5.56 Å². The zero-order chi connectivity index (χ0) is 13.0. The molecule has 5 nitrogen and oxygen atoms in total. The number of nitrogens with one attached hydrogen (secondary N) is 1. The summed E-state index contributed by atoms with van der Waals surface area (Å²) >= 11 is 6.12. The van der Waals surface area contributed by atoms with Gasteiger partial charge in [0.2, 0.25) is 5.13 Å². The van der Waals surface area contributed by atoms with Crippen LogP contribution in [0.2, 0.25) is 0 Å². The van der Waals surface area contributed by atoms with Crippen molar-refractivity contribution < 1.29 is 9.53 Å². The van der Waals surface area contributed by atoms with Gasteiger partial charge in [-0.05, 0) is 17.8 Å². The lowest BCUT2D eigenvalue weighted by Gasteiger charge is -2.13. The first kappa shape index (κ1) is 12.7. The van der Waals surface area contributed by atoms with Gasteiger partial charge in [0, 0.05) is 7.05 Å². The first-order valence-corrected chi connectivity index (χ1v) is 6.39. The van der Waals surface area contributed by atoms with Crippen LogP contribution in [0.25, 0.3) is 0 Å². The summed E-state index contributed by atoms with van der Waals surface area (Å²) in [7, 11) is 1.59. The zero-order valence-corrected chi connectivity index (χ0v) is 11.3. The first-order chi connectivity index (χ1) is 8.66. The molecule has 0 atom stereocenters. The third kappa shape index (κ3) is 3.14. The van der Waals surface area contributed by atoms with Crippen LogP contribution in [-0.4, -0.2) is 23.3 Å². The number of aromatic amines is 1. The average molecular weight is 281 g/mol. The standard InChI is InChI=1S/C11H11N3O2S2/c1-14(9-12-13-10(17)18-9)11(15)16-7-8-5-3-2-4-6-8/h2-6H,7H2,1H3,(H,13,17). The number of hydrogen-bond acceptors (Lipinski definition) is 5. The summed E-state index contributed by atoms with van der Waals surface area (Å²) in [5.41, 5.74) is 0.939. The highest BCUT2D eigenvalue weighted by atomic mass is 32.1. The monoisotopic (exact) mass is 281 g/mol. The van der Waals surface area contributed by atoms with Crippen LogP contribution in [0.15, 0.2) is 30.3 Å². The minimum atomic E-state index is -0.461. The molecule has 0 aliphatic rings. The molecule has 2 rings (SSSR count). The molecule has 18 heavy (non-hydrogen) atoms. The lowest BCUT2D eigenvalue weighted by molar-refractivity contribution is 0.148. The highest BCUT2D eigenvalue weighted by molar-refractivity contribution is 7.73. The lowest BCUT2D eigenvalue weighted by Crippen LogP contribution is -2.26. The van der Waals surface area contributed by atoms with E-state index in [1.807, 2.05) is 30.3 Å². The summed E-state index contributed by atoms with van der Waals surface area (Å²) < 4.78 is 5.68. The fourth-order valence-electron chi connectivity index (χ4n) is 1.26. The van der Waals surface area contributed by atoms with E-state index in [2.05, 4.69) is 10.2 Å². The molecule has 1 aromatic carbocycles. The van der Waals surface area contributed by atoms with E-state index in [4.69, 9.17) is 17.0 Å². The minimum Gasteiger partial charge on any atom is -0.444 e. The number of amides is 1. The maximum atomic E-state index is 11.7. The van der Waals surface area contributed by atoms with Gasteiger partial charge in [0.05, 0.1) is 0 Å². The van der Waals surface area contributed by atoms with Crippen LogP contribution in [-0.2, 0) is 11.3 Å². The molecule has 7 heteroatoms. The third-order valence-electron chi connectivity index (χ3n) is 2.19. The predicted molar refractivity (Wildman–Crippen MR) is 72.3 cm³/mol. The Morgan fingerprint density at radius 2 is 2.22 bits per heavy atom. The van der Waals surface area contributed by atoms with Gasteiger partial charge < -0.3 is 4.74 Å². The Kier molecular flexibility index (Phi) is 4.06. The van der Waals surface area contributed by atoms with E-state index >= 15 is 0 Å². The quantitative estimate of drug-likeness (QED) is 0.879. The Balaban J connectivity index is 1.94. The average Bonchev–Trinajstić information content (AvgIpc) is 2.83. The minimum absolute atomic E-state index is 0.236. The molecule has 0 bridgehead atoms. The van der Waals surface area contributed by atoms with Gasteiger partial charge in [-0.2, -0.15) is 0 Å². The fourth-order valence-corrected chi connectivity index (χ4v) is 2.09. The van der Waals surface area contributed by atoms with Crippen LogP contribution in [0.1, 0.15) is 5.56 Å². The van der Waals surface area contributed by atoms with E-state index in [0.29, 0.717) is 9.09 Å². The SMILES string of the molecule is CN(C(=O)OCc1ccccc1)c1n[nH]c(=S)s1. The third-order valence-corrected chi connectivity index (χ3v) is 3.36. The number of benzene rings is 1. The summed E-state index contributed by atoms with van der Waals surface area (Å²) in [6.07, 6.45) is -0.461. The van der Waals surface area contributed by atoms with Crippen molar-refractivity contribution in [3.05, 3.63) is 39.8 Å². The Morgan fingerprint density at radius 1 is 1.50 bits per heavy atom. The number of aromatic nitrogens is 2. The van der Waals surface area contributed by atoms with Gasteiger partial charge in [0.1, 0.15) is 6.61 Å². The Bertz CT molecular complexity index is 579. The van der Waals surface area contributed by atoms with Crippen LogP contribution in [0.4, 0.5) is 9.93 Å². The molecule has 0 saturated carbocycles. The fraction of sp³-hybridized carbons (Fsp3) is 0.182. The zero-order valence-electron chi connectivity index (χ0n) is 9.62. The van der Waals surface area contributed by atoms with Crippen molar-refractivity contribution in [3.63, 3.8) is 0 Å². The van der Waals surface area contributed by atoms with Crippen molar-refractivity contribution >= 4 is 34.8 Å². The van der Waals surface area contributed by atoms with E-state index in [9.17, 15) is 4.79 Å². The normalized spacial score (nSPS) is 10.1. The molecular formula is C11H11N3O2S2. The number of carbonyl (C=O) groups excluding carboxylic acids is 1. The van der Waals surface area contributed by atoms with E-state index in [-0.39, 0.29) is 6.61 Å². The topological polar surface area (TPSA) is 58.2 Å². The van der Waals surface area contributed by atoms with Crippen LogP contribution in [0.5, 0.6) is 0 Å². The molecule has 1 N–H and O–H groups in total. The maximum Gasteiger partial charge on any atom is 0.416 e. The molecule has 0 fully saturated rings. The first-order valence-electron chi connectivity index (χ1n) is 5.17. The maximum absolute atomic E-state index is 11.7. The van der Waals surface area contributed by atoms with Gasteiger partial charge in [0.15, 0.2) is 3.95 Å². The summed E-state index contributed by atoms with van der Waals surface area (Å²) in [6.45, 7) is 0.236. The molecule has 1 amide bonds. The van der Waals surface area contributed by atoms with Crippen molar-refractivity contribution in [1.29, 1.82) is 0 Å².